The first-order chi connectivity index (χ1) is 12.3. The fourth-order valence-electron chi connectivity index (χ4n) is 3.99. The van der Waals surface area contributed by atoms with Gasteiger partial charge in [0.15, 0.2) is 0 Å². The second-order valence-corrected chi connectivity index (χ2v) is 8.42. The van der Waals surface area contributed by atoms with Crippen LogP contribution in [-0.4, -0.2) is 89.0 Å². The minimum atomic E-state index is -0.579. The van der Waals surface area contributed by atoms with Crippen LogP contribution in [0, 0.1) is 0 Å². The lowest BCUT2D eigenvalue weighted by atomic mass is 9.90. The number of nitrogens with zero attached hydrogens (tertiary/aromatic N) is 3. The molecule has 0 saturated carbocycles. The number of rotatable bonds is 8. The maximum Gasteiger partial charge on any atom is 0.222 e. The van der Waals surface area contributed by atoms with E-state index in [0.29, 0.717) is 18.9 Å². The van der Waals surface area contributed by atoms with E-state index in [0.717, 1.165) is 71.5 Å². The lowest BCUT2D eigenvalue weighted by Gasteiger charge is -2.44. The summed E-state index contributed by atoms with van der Waals surface area (Å²) in [6.07, 6.45) is 4.39. The van der Waals surface area contributed by atoms with Crippen molar-refractivity contribution in [3.8, 4) is 0 Å². The Kier molecular flexibility index (Phi) is 8.05. The minimum Gasteiger partial charge on any atom is -0.388 e. The number of β-amino-alcohol motifs (C(OH)–C–C–N with tert-alkyl or cyclic N) is 1. The van der Waals surface area contributed by atoms with E-state index in [-0.39, 0.29) is 11.7 Å². The number of carbonyl (C=O) groups excluding carboxylic acids is 2. The van der Waals surface area contributed by atoms with Gasteiger partial charge in [0.25, 0.3) is 0 Å². The molecular weight excluding hydrogens is 330 g/mol. The molecule has 2 heterocycles. The Labute approximate surface area is 158 Å². The number of carbonyl (C=O) groups is 2. The lowest BCUT2D eigenvalue weighted by Crippen LogP contribution is -2.56. The molecule has 1 amide bonds. The normalized spacial score (nSPS) is 22.0. The Morgan fingerprint density at radius 3 is 2.08 bits per heavy atom. The highest BCUT2D eigenvalue weighted by Gasteiger charge is 2.35. The van der Waals surface area contributed by atoms with Crippen LogP contribution in [0.25, 0.3) is 0 Å². The third kappa shape index (κ3) is 6.63. The van der Waals surface area contributed by atoms with E-state index >= 15 is 0 Å². The van der Waals surface area contributed by atoms with E-state index in [9.17, 15) is 14.7 Å². The van der Waals surface area contributed by atoms with Crippen molar-refractivity contribution in [1.29, 1.82) is 0 Å². The molecule has 2 aliphatic rings. The van der Waals surface area contributed by atoms with Gasteiger partial charge in [0.05, 0.1) is 5.60 Å². The number of aliphatic hydroxyl groups is 1. The summed E-state index contributed by atoms with van der Waals surface area (Å²) in [4.78, 5) is 29.9. The molecule has 26 heavy (non-hydrogen) atoms. The van der Waals surface area contributed by atoms with Crippen molar-refractivity contribution in [2.24, 2.45) is 0 Å². The average molecular weight is 368 g/mol. The Bertz CT molecular complexity index is 465. The molecule has 0 unspecified atom stereocenters. The number of ketones is 1. The third-order valence-corrected chi connectivity index (χ3v) is 5.87. The molecule has 2 saturated heterocycles. The summed E-state index contributed by atoms with van der Waals surface area (Å²) >= 11 is 0. The van der Waals surface area contributed by atoms with Gasteiger partial charge in [-0.05, 0) is 46.5 Å². The fraction of sp³-hybridized carbons (Fsp3) is 0.900. The molecule has 0 atom stereocenters. The van der Waals surface area contributed by atoms with Crippen LogP contribution in [0.2, 0.25) is 0 Å². The molecule has 0 aromatic rings. The highest BCUT2D eigenvalue weighted by atomic mass is 16.3. The molecule has 1 N–H and O–H groups in total. The SMILES string of the molecule is CC(=O)CCCCC(=O)N1CCN(CC2(O)CCN(C(C)C)CC2)CC1. The molecule has 0 aromatic carbocycles. The predicted molar refractivity (Wildman–Crippen MR) is 103 cm³/mol. The number of amides is 1. The Hall–Kier alpha value is -0.980. The highest BCUT2D eigenvalue weighted by molar-refractivity contribution is 5.77. The van der Waals surface area contributed by atoms with Gasteiger partial charge in [-0.2, -0.15) is 0 Å². The van der Waals surface area contributed by atoms with E-state index < -0.39 is 5.60 Å². The van der Waals surface area contributed by atoms with Crippen molar-refractivity contribution in [2.75, 3.05) is 45.8 Å². The molecule has 2 fully saturated rings. The Morgan fingerprint density at radius 1 is 0.962 bits per heavy atom. The van der Waals surface area contributed by atoms with Crippen molar-refractivity contribution < 1.29 is 14.7 Å². The molecule has 0 aliphatic carbocycles. The first-order valence-corrected chi connectivity index (χ1v) is 10.2. The molecule has 0 radical (unpaired) electrons. The van der Waals surface area contributed by atoms with Crippen LogP contribution in [0.3, 0.4) is 0 Å². The monoisotopic (exact) mass is 367 g/mol. The number of unbranched alkanes of at least 4 members (excludes halogenated alkanes) is 1. The van der Waals surface area contributed by atoms with Gasteiger partial charge >= 0.3 is 0 Å². The second-order valence-electron chi connectivity index (χ2n) is 8.42. The summed E-state index contributed by atoms with van der Waals surface area (Å²) in [6.45, 7) is 11.9. The van der Waals surface area contributed by atoms with Crippen LogP contribution in [0.15, 0.2) is 0 Å². The van der Waals surface area contributed by atoms with E-state index in [1.54, 1.807) is 6.92 Å². The smallest absolute Gasteiger partial charge is 0.222 e. The van der Waals surface area contributed by atoms with Gasteiger partial charge in [-0.3, -0.25) is 9.69 Å². The molecule has 2 rings (SSSR count). The molecule has 0 aromatic heterocycles. The average Bonchev–Trinajstić information content (AvgIpc) is 2.59. The van der Waals surface area contributed by atoms with Gasteiger partial charge in [-0.15, -0.1) is 0 Å². The van der Waals surface area contributed by atoms with Crippen LogP contribution in [-0.2, 0) is 9.59 Å². The number of hydrogen-bond donors (Lipinski definition) is 1. The van der Waals surface area contributed by atoms with Gasteiger partial charge in [0, 0.05) is 64.7 Å². The molecule has 0 spiro atoms. The van der Waals surface area contributed by atoms with Gasteiger partial charge in [0.1, 0.15) is 5.78 Å². The van der Waals surface area contributed by atoms with Crippen molar-refractivity contribution in [1.82, 2.24) is 14.7 Å². The maximum atomic E-state index is 12.3. The summed E-state index contributed by atoms with van der Waals surface area (Å²) in [7, 11) is 0. The summed E-state index contributed by atoms with van der Waals surface area (Å²) in [5.74, 6) is 0.403. The van der Waals surface area contributed by atoms with Crippen molar-refractivity contribution in [2.45, 2.75) is 70.9 Å². The number of likely N-dealkylation sites (tertiary alicyclic amines) is 1. The standard InChI is InChI=1S/C20H37N3O3/c1-17(2)22-10-8-20(26,9-11-22)16-21-12-14-23(15-13-21)19(25)7-5-4-6-18(3)24/h17,26H,4-16H2,1-3H3. The van der Waals surface area contributed by atoms with Crippen molar-refractivity contribution >= 4 is 11.7 Å². The number of hydrogen-bond acceptors (Lipinski definition) is 5. The molecular formula is C20H37N3O3. The molecule has 150 valence electrons. The van der Waals surface area contributed by atoms with Gasteiger partial charge in [0.2, 0.25) is 5.91 Å². The summed E-state index contributed by atoms with van der Waals surface area (Å²) < 4.78 is 0. The predicted octanol–water partition coefficient (Wildman–Crippen LogP) is 1.52. The van der Waals surface area contributed by atoms with E-state index in [2.05, 4.69) is 23.6 Å². The number of piperazine rings is 1. The Morgan fingerprint density at radius 2 is 1.54 bits per heavy atom. The quantitative estimate of drug-likeness (QED) is 0.659. The van der Waals surface area contributed by atoms with Gasteiger partial charge in [-0.25, -0.2) is 0 Å². The zero-order chi connectivity index (χ0) is 19.2. The van der Waals surface area contributed by atoms with Gasteiger partial charge in [-0.1, -0.05) is 0 Å². The van der Waals surface area contributed by atoms with E-state index in [1.165, 1.54) is 0 Å². The van der Waals surface area contributed by atoms with E-state index in [4.69, 9.17) is 0 Å². The zero-order valence-electron chi connectivity index (χ0n) is 16.9. The summed E-state index contributed by atoms with van der Waals surface area (Å²) in [5, 5.41) is 10.9. The van der Waals surface area contributed by atoms with Crippen LogP contribution in [0.5, 0.6) is 0 Å². The minimum absolute atomic E-state index is 0.197. The van der Waals surface area contributed by atoms with Crippen LogP contribution in [0.1, 0.15) is 59.3 Å². The summed E-state index contributed by atoms with van der Waals surface area (Å²) in [5.41, 5.74) is -0.579. The number of Topliss-reactive ketones (excluding diaryl/α,β-unsaturated/α-hetero) is 1. The van der Waals surface area contributed by atoms with Crippen LogP contribution in [0.4, 0.5) is 0 Å². The number of piperidine rings is 1. The molecule has 0 bridgehead atoms. The molecule has 6 nitrogen and oxygen atoms in total. The van der Waals surface area contributed by atoms with Gasteiger partial charge < -0.3 is 19.7 Å². The largest absolute Gasteiger partial charge is 0.388 e. The topological polar surface area (TPSA) is 64.1 Å². The zero-order valence-corrected chi connectivity index (χ0v) is 16.9. The summed E-state index contributed by atoms with van der Waals surface area (Å²) in [6, 6.07) is 0.546. The van der Waals surface area contributed by atoms with Crippen LogP contribution < -0.4 is 0 Å². The van der Waals surface area contributed by atoms with Crippen molar-refractivity contribution in [3.05, 3.63) is 0 Å². The maximum absolute atomic E-state index is 12.3. The Balaban J connectivity index is 1.66. The first-order valence-electron chi connectivity index (χ1n) is 10.2. The fourth-order valence-corrected chi connectivity index (χ4v) is 3.99. The van der Waals surface area contributed by atoms with E-state index in [1.807, 2.05) is 4.90 Å². The molecule has 6 heteroatoms. The second kappa shape index (κ2) is 9.81. The van der Waals surface area contributed by atoms with Crippen LogP contribution >= 0.6 is 0 Å². The van der Waals surface area contributed by atoms with Crippen molar-refractivity contribution in [3.63, 3.8) is 0 Å². The lowest BCUT2D eigenvalue weighted by molar-refractivity contribution is -0.134. The molecule has 2 aliphatic heterocycles. The highest BCUT2D eigenvalue weighted by Crippen LogP contribution is 2.25. The third-order valence-electron chi connectivity index (χ3n) is 5.87. The first kappa shape index (κ1) is 21.3.